The van der Waals surface area contributed by atoms with Crippen molar-refractivity contribution < 1.29 is 15.6 Å². The molecular weight excluding hydrogens is 274 g/mol. The maximum Gasteiger partial charge on any atom is 0.0634 e. The molecule has 0 saturated carbocycles. The van der Waals surface area contributed by atoms with Crippen molar-refractivity contribution in [2.24, 2.45) is 0 Å². The number of carboxylic acid groups (broad SMARTS) is 1. The van der Waals surface area contributed by atoms with Crippen LogP contribution < -0.4 is 10.8 Å². The Morgan fingerprint density at radius 1 is 0.773 bits per heavy atom. The minimum absolute atomic E-state index is 0.220. The number of carbonyl (C=O) groups is 1. The molecule has 0 aliphatic heterocycles. The molecule has 0 heterocycles. The average molecular weight is 314 g/mol. The standard InChI is InChI=1S/C18H34O2.CH5N/c1-2-3-4-5-6-7-8-9-10-11-12-13-14-15-16-17-18(19)20;1-2/h9-10H,2-8,11-17H2,1H3,(H,19,20);2H2,1H3/b10-9-;. The molecule has 0 fully saturated rings. The van der Waals surface area contributed by atoms with Crippen LogP contribution in [0.4, 0.5) is 0 Å². The summed E-state index contributed by atoms with van der Waals surface area (Å²) in [5.74, 6) is -0.914. The van der Waals surface area contributed by atoms with E-state index in [2.05, 4.69) is 24.8 Å². The van der Waals surface area contributed by atoms with Crippen LogP contribution in [0.2, 0.25) is 0 Å². The predicted octanol–water partition coefficient (Wildman–Crippen LogP) is 3.63. The Morgan fingerprint density at radius 3 is 1.64 bits per heavy atom. The lowest BCUT2D eigenvalue weighted by Crippen LogP contribution is -2.40. The van der Waals surface area contributed by atoms with Gasteiger partial charge in [0, 0.05) is 5.97 Å². The Morgan fingerprint density at radius 2 is 1.18 bits per heavy atom. The van der Waals surface area contributed by atoms with Crippen LogP contribution in [0.1, 0.15) is 96.8 Å². The fourth-order valence-electron chi connectivity index (χ4n) is 2.34. The van der Waals surface area contributed by atoms with Gasteiger partial charge in [0.05, 0.1) is 7.05 Å². The van der Waals surface area contributed by atoms with Gasteiger partial charge in [-0.25, -0.2) is 0 Å². The fraction of sp³-hybridized carbons (Fsp3) is 0.842. The van der Waals surface area contributed by atoms with Gasteiger partial charge in [0.2, 0.25) is 0 Å². The highest BCUT2D eigenvalue weighted by Gasteiger charge is 1.91. The van der Waals surface area contributed by atoms with E-state index in [0.717, 1.165) is 19.3 Å². The number of hydrogen-bond acceptors (Lipinski definition) is 2. The minimum Gasteiger partial charge on any atom is -0.550 e. The lowest BCUT2D eigenvalue weighted by atomic mass is 10.1. The van der Waals surface area contributed by atoms with E-state index in [0.29, 0.717) is 0 Å². The van der Waals surface area contributed by atoms with Crippen LogP contribution >= 0.6 is 0 Å². The third-order valence-corrected chi connectivity index (χ3v) is 3.64. The number of aliphatic carboxylic acids is 1. The second kappa shape index (κ2) is 22.5. The normalized spacial score (nSPS) is 10.5. The van der Waals surface area contributed by atoms with Gasteiger partial charge in [-0.05, 0) is 38.5 Å². The number of allylic oxidation sites excluding steroid dienone is 2. The molecule has 0 aromatic rings. The summed E-state index contributed by atoms with van der Waals surface area (Å²) in [7, 11) is 1.75. The maximum atomic E-state index is 10.2. The van der Waals surface area contributed by atoms with Gasteiger partial charge in [-0.3, -0.25) is 0 Å². The first-order chi connectivity index (χ1) is 10.8. The average Bonchev–Trinajstić information content (AvgIpc) is 2.53. The second-order valence-electron chi connectivity index (χ2n) is 5.71. The van der Waals surface area contributed by atoms with Gasteiger partial charge in [0.15, 0.2) is 0 Å². The van der Waals surface area contributed by atoms with Crippen LogP contribution in [0.25, 0.3) is 0 Å². The monoisotopic (exact) mass is 313 g/mol. The Labute approximate surface area is 138 Å². The number of rotatable bonds is 15. The smallest absolute Gasteiger partial charge is 0.0634 e. The van der Waals surface area contributed by atoms with E-state index in [1.165, 1.54) is 64.2 Å². The van der Waals surface area contributed by atoms with Gasteiger partial charge in [0.1, 0.15) is 0 Å². The first kappa shape index (κ1) is 23.4. The molecule has 0 aliphatic carbocycles. The molecule has 0 atom stereocenters. The van der Waals surface area contributed by atoms with Crippen molar-refractivity contribution >= 4 is 5.97 Å². The van der Waals surface area contributed by atoms with E-state index in [1.54, 1.807) is 7.05 Å². The molecule has 0 aromatic carbocycles. The van der Waals surface area contributed by atoms with Crippen molar-refractivity contribution in [3.8, 4) is 0 Å². The van der Waals surface area contributed by atoms with Crippen LogP contribution in [0.3, 0.4) is 0 Å². The Bertz CT molecular complexity index is 240. The summed E-state index contributed by atoms with van der Waals surface area (Å²) in [5, 5.41) is 10.2. The second-order valence-corrected chi connectivity index (χ2v) is 5.71. The van der Waals surface area contributed by atoms with Crippen LogP contribution in [0.15, 0.2) is 12.2 Å². The van der Waals surface area contributed by atoms with Crippen molar-refractivity contribution in [2.45, 2.75) is 96.8 Å². The van der Waals surface area contributed by atoms with E-state index < -0.39 is 5.97 Å². The molecule has 0 amide bonds. The van der Waals surface area contributed by atoms with Gasteiger partial charge in [-0.15, -0.1) is 0 Å². The quantitative estimate of drug-likeness (QED) is 0.370. The topological polar surface area (TPSA) is 67.8 Å². The first-order valence-corrected chi connectivity index (χ1v) is 9.33. The van der Waals surface area contributed by atoms with E-state index in [1.807, 2.05) is 0 Å². The van der Waals surface area contributed by atoms with Gasteiger partial charge in [-0.1, -0.05) is 70.4 Å². The number of unbranched alkanes of at least 4 members (excludes halogenated alkanes) is 11. The molecule has 0 aromatic heterocycles. The molecule has 0 bridgehead atoms. The van der Waals surface area contributed by atoms with Crippen molar-refractivity contribution in [3.63, 3.8) is 0 Å². The predicted molar refractivity (Wildman–Crippen MR) is 93.3 cm³/mol. The number of quaternary nitrogens is 1. The van der Waals surface area contributed by atoms with Crippen LogP contribution in [-0.4, -0.2) is 13.0 Å². The van der Waals surface area contributed by atoms with Crippen molar-refractivity contribution in [1.82, 2.24) is 0 Å². The summed E-state index contributed by atoms with van der Waals surface area (Å²) in [5.41, 5.74) is 3.25. The van der Waals surface area contributed by atoms with Crippen LogP contribution in [0, 0.1) is 0 Å². The highest BCUT2D eigenvalue weighted by Crippen LogP contribution is 2.09. The zero-order valence-corrected chi connectivity index (χ0v) is 15.1. The molecule has 22 heavy (non-hydrogen) atoms. The minimum atomic E-state index is -0.914. The van der Waals surface area contributed by atoms with Crippen molar-refractivity contribution in [3.05, 3.63) is 12.2 Å². The lowest BCUT2D eigenvalue weighted by Gasteiger charge is -2.01. The van der Waals surface area contributed by atoms with Crippen LogP contribution in [0.5, 0.6) is 0 Å². The summed E-state index contributed by atoms with van der Waals surface area (Å²) >= 11 is 0. The third-order valence-electron chi connectivity index (χ3n) is 3.64. The van der Waals surface area contributed by atoms with E-state index in [4.69, 9.17) is 0 Å². The highest BCUT2D eigenvalue weighted by molar-refractivity contribution is 5.63. The molecule has 3 N–H and O–H groups in total. The van der Waals surface area contributed by atoms with Crippen molar-refractivity contribution in [1.29, 1.82) is 0 Å². The first-order valence-electron chi connectivity index (χ1n) is 9.33. The van der Waals surface area contributed by atoms with E-state index in [9.17, 15) is 9.90 Å². The Kier molecular flexibility index (Phi) is 23.9. The Hall–Kier alpha value is -0.830. The summed E-state index contributed by atoms with van der Waals surface area (Å²) in [6.07, 6.45) is 20.9. The number of carboxylic acids is 1. The van der Waals surface area contributed by atoms with Gasteiger partial charge >= 0.3 is 0 Å². The summed E-state index contributed by atoms with van der Waals surface area (Å²) in [6.45, 7) is 2.26. The molecule has 0 unspecified atom stereocenters. The van der Waals surface area contributed by atoms with E-state index in [-0.39, 0.29) is 6.42 Å². The molecule has 0 spiro atoms. The van der Waals surface area contributed by atoms with Gasteiger partial charge < -0.3 is 15.6 Å². The van der Waals surface area contributed by atoms with Crippen molar-refractivity contribution in [2.75, 3.05) is 7.05 Å². The largest absolute Gasteiger partial charge is 0.550 e. The maximum absolute atomic E-state index is 10.2. The lowest BCUT2D eigenvalue weighted by molar-refractivity contribution is -0.325. The van der Waals surface area contributed by atoms with Gasteiger partial charge in [-0.2, -0.15) is 0 Å². The summed E-state index contributed by atoms with van der Waals surface area (Å²) < 4.78 is 0. The van der Waals surface area contributed by atoms with Gasteiger partial charge in [0.25, 0.3) is 0 Å². The Balaban J connectivity index is 0. The van der Waals surface area contributed by atoms with E-state index >= 15 is 0 Å². The highest BCUT2D eigenvalue weighted by atomic mass is 16.4. The molecule has 0 saturated heterocycles. The molecule has 3 heteroatoms. The molecule has 3 nitrogen and oxygen atoms in total. The number of hydrogen-bond donors (Lipinski definition) is 1. The third kappa shape index (κ3) is 24.2. The molecular formula is C19H39NO2. The summed E-state index contributed by atoms with van der Waals surface area (Å²) in [4.78, 5) is 10.2. The van der Waals surface area contributed by atoms with Crippen LogP contribution in [-0.2, 0) is 4.79 Å². The number of carbonyl (C=O) groups excluding carboxylic acids is 1. The SMILES string of the molecule is CCCCCCCC/C=C\CCCCCCCC(=O)[O-].C[NH3+]. The fourth-order valence-corrected chi connectivity index (χ4v) is 2.34. The summed E-state index contributed by atoms with van der Waals surface area (Å²) in [6, 6.07) is 0. The zero-order chi connectivity index (χ0) is 16.9. The zero-order valence-electron chi connectivity index (χ0n) is 15.1. The molecule has 0 rings (SSSR count). The molecule has 0 radical (unpaired) electrons. The molecule has 0 aliphatic rings. The molecule has 132 valence electrons.